The summed E-state index contributed by atoms with van der Waals surface area (Å²) >= 11 is 5.18. The Morgan fingerprint density at radius 2 is 2.05 bits per heavy atom. The van der Waals surface area contributed by atoms with E-state index in [1.54, 1.807) is 18.4 Å². The van der Waals surface area contributed by atoms with Crippen molar-refractivity contribution in [2.45, 2.75) is 47.1 Å². The van der Waals surface area contributed by atoms with Crippen LogP contribution in [-0.2, 0) is 0 Å². The summed E-state index contributed by atoms with van der Waals surface area (Å²) < 4.78 is 0. The molecule has 0 aliphatic rings. The fourth-order valence-corrected chi connectivity index (χ4v) is 1.35. The first-order valence-electron chi connectivity index (χ1n) is 7.26. The smallest absolute Gasteiger partial charge is 0.124 e. The molecule has 0 saturated carbocycles. The lowest BCUT2D eigenvalue weighted by atomic mass is 10.2. The van der Waals surface area contributed by atoms with Crippen LogP contribution in [0, 0.1) is 0 Å². The minimum atomic E-state index is -0.0889. The molecule has 1 atom stereocenters. The van der Waals surface area contributed by atoms with Gasteiger partial charge in [-0.25, -0.2) is 0 Å². The van der Waals surface area contributed by atoms with Crippen LogP contribution in [0.4, 0.5) is 0 Å². The van der Waals surface area contributed by atoms with Gasteiger partial charge in [-0.1, -0.05) is 39.1 Å². The zero-order valence-corrected chi connectivity index (χ0v) is 14.6. The molecule has 5 heteroatoms. The van der Waals surface area contributed by atoms with Gasteiger partial charge in [0.25, 0.3) is 0 Å². The molecule has 0 saturated heterocycles. The standard InChI is InChI=1S/C14H23N3OS.C2H6/c1-4-7-12(15)8-6-9-16-14(19)11(3)17-13(5-2)10-18;1-2/h4,6-9,13,18H,5,10,15H2,1-3H3,(H,16,19);1-2H3/b7-4+,9-6+,12-8+,17-11?;. The van der Waals surface area contributed by atoms with Gasteiger partial charge >= 0.3 is 0 Å². The van der Waals surface area contributed by atoms with Crippen LogP contribution in [0.25, 0.3) is 0 Å². The zero-order chi connectivity index (χ0) is 16.7. The van der Waals surface area contributed by atoms with Gasteiger partial charge in [0.15, 0.2) is 0 Å². The molecule has 0 aromatic rings. The Morgan fingerprint density at radius 3 is 2.52 bits per heavy atom. The lowest BCUT2D eigenvalue weighted by molar-refractivity contribution is 0.264. The molecule has 0 fully saturated rings. The first-order valence-corrected chi connectivity index (χ1v) is 7.67. The van der Waals surface area contributed by atoms with Crippen LogP contribution in [-0.4, -0.2) is 28.5 Å². The summed E-state index contributed by atoms with van der Waals surface area (Å²) in [4.78, 5) is 4.88. The molecule has 4 nitrogen and oxygen atoms in total. The highest BCUT2D eigenvalue weighted by molar-refractivity contribution is 7.82. The minimum Gasteiger partial charge on any atom is -0.399 e. The van der Waals surface area contributed by atoms with Gasteiger partial charge in [0.05, 0.1) is 18.4 Å². The molecule has 0 bridgehead atoms. The lowest BCUT2D eigenvalue weighted by Crippen LogP contribution is -2.25. The summed E-state index contributed by atoms with van der Waals surface area (Å²) in [5.41, 5.74) is 7.06. The summed E-state index contributed by atoms with van der Waals surface area (Å²) in [6, 6.07) is -0.0889. The van der Waals surface area contributed by atoms with Crippen LogP contribution in [0.1, 0.15) is 41.0 Å². The van der Waals surface area contributed by atoms with Crippen LogP contribution >= 0.6 is 12.2 Å². The van der Waals surface area contributed by atoms with E-state index < -0.39 is 0 Å². The fourth-order valence-electron chi connectivity index (χ4n) is 1.23. The number of allylic oxidation sites excluding steroid dienone is 4. The van der Waals surface area contributed by atoms with Crippen LogP contribution in [0.2, 0.25) is 0 Å². The number of aliphatic imine (C=N–C) groups is 1. The van der Waals surface area contributed by atoms with Crippen LogP contribution in [0.15, 0.2) is 41.2 Å². The molecule has 0 radical (unpaired) electrons. The van der Waals surface area contributed by atoms with Crippen molar-refractivity contribution in [1.29, 1.82) is 0 Å². The van der Waals surface area contributed by atoms with E-state index in [1.165, 1.54) is 0 Å². The SMILES string of the molecule is C/C=C/C(N)=C\C=C\NC(=S)C(C)=NC(CC)CO.CC. The van der Waals surface area contributed by atoms with Crippen LogP contribution < -0.4 is 11.1 Å². The largest absolute Gasteiger partial charge is 0.399 e. The molecular weight excluding hydrogens is 282 g/mol. The molecule has 0 aromatic heterocycles. The van der Waals surface area contributed by atoms with Crippen molar-refractivity contribution in [3.05, 3.63) is 36.2 Å². The number of hydrogen-bond acceptors (Lipinski definition) is 4. The number of rotatable bonds is 7. The number of hydrogen-bond donors (Lipinski definition) is 3. The predicted octanol–water partition coefficient (Wildman–Crippen LogP) is 3.09. The zero-order valence-electron chi connectivity index (χ0n) is 13.8. The quantitative estimate of drug-likeness (QED) is 0.384. The Bertz CT molecular complexity index is 394. The van der Waals surface area contributed by atoms with Crippen molar-refractivity contribution in [3.63, 3.8) is 0 Å². The third kappa shape index (κ3) is 12.0. The number of nitrogens with zero attached hydrogens (tertiary/aromatic N) is 1. The monoisotopic (exact) mass is 311 g/mol. The van der Waals surface area contributed by atoms with Gasteiger partial charge < -0.3 is 16.2 Å². The number of nitrogens with two attached hydrogens (primary N) is 1. The van der Waals surface area contributed by atoms with E-state index in [9.17, 15) is 0 Å². The third-order valence-corrected chi connectivity index (χ3v) is 2.76. The summed E-state index contributed by atoms with van der Waals surface area (Å²) in [6.07, 6.45) is 9.71. The normalized spacial score (nSPS) is 14.0. The Kier molecular flexibility index (Phi) is 15.5. The molecule has 0 spiro atoms. The Morgan fingerprint density at radius 1 is 1.43 bits per heavy atom. The summed E-state index contributed by atoms with van der Waals surface area (Å²) in [7, 11) is 0. The number of nitrogens with one attached hydrogen (secondary N) is 1. The molecule has 1 unspecified atom stereocenters. The molecule has 0 aromatic carbocycles. The minimum absolute atomic E-state index is 0.0366. The van der Waals surface area contributed by atoms with E-state index >= 15 is 0 Å². The summed E-state index contributed by atoms with van der Waals surface area (Å²) in [6.45, 7) is 9.74. The highest BCUT2D eigenvalue weighted by atomic mass is 32.1. The Hall–Kier alpha value is -1.46. The molecular formula is C16H29N3OS. The second-order valence-electron chi connectivity index (χ2n) is 3.96. The topological polar surface area (TPSA) is 70.6 Å². The first kappa shape index (κ1) is 21.8. The second-order valence-corrected chi connectivity index (χ2v) is 4.37. The van der Waals surface area contributed by atoms with E-state index in [2.05, 4.69) is 10.3 Å². The number of aliphatic hydroxyl groups excluding tert-OH is 1. The van der Waals surface area contributed by atoms with Crippen molar-refractivity contribution in [2.24, 2.45) is 10.7 Å². The third-order valence-electron chi connectivity index (χ3n) is 2.35. The van der Waals surface area contributed by atoms with Gasteiger partial charge in [0.1, 0.15) is 4.99 Å². The lowest BCUT2D eigenvalue weighted by Gasteiger charge is -2.08. The van der Waals surface area contributed by atoms with Gasteiger partial charge in [0, 0.05) is 11.9 Å². The van der Waals surface area contributed by atoms with E-state index in [4.69, 9.17) is 23.1 Å². The van der Waals surface area contributed by atoms with Gasteiger partial charge in [0.2, 0.25) is 0 Å². The highest BCUT2D eigenvalue weighted by Crippen LogP contribution is 1.97. The fraction of sp³-hybridized carbons (Fsp3) is 0.500. The summed E-state index contributed by atoms with van der Waals surface area (Å²) in [5, 5.41) is 12.0. The summed E-state index contributed by atoms with van der Waals surface area (Å²) in [5.74, 6) is 0. The van der Waals surface area contributed by atoms with Gasteiger partial charge in [-0.15, -0.1) is 0 Å². The molecule has 4 N–H and O–H groups in total. The van der Waals surface area contributed by atoms with Gasteiger partial charge in [-0.3, -0.25) is 4.99 Å². The van der Waals surface area contributed by atoms with E-state index in [0.29, 0.717) is 16.4 Å². The molecule has 0 amide bonds. The molecule has 21 heavy (non-hydrogen) atoms. The van der Waals surface area contributed by atoms with E-state index in [1.807, 2.05) is 46.8 Å². The Labute approximate surface area is 134 Å². The van der Waals surface area contributed by atoms with Crippen LogP contribution in [0.3, 0.4) is 0 Å². The molecule has 120 valence electrons. The first-order chi connectivity index (χ1) is 10.0. The number of aliphatic hydroxyl groups is 1. The maximum Gasteiger partial charge on any atom is 0.124 e. The average molecular weight is 311 g/mol. The Balaban J connectivity index is 0. The molecule has 0 heterocycles. The van der Waals surface area contributed by atoms with Crippen molar-refractivity contribution in [3.8, 4) is 0 Å². The van der Waals surface area contributed by atoms with Crippen molar-refractivity contribution in [2.75, 3.05) is 6.61 Å². The average Bonchev–Trinajstić information content (AvgIpc) is 2.50. The highest BCUT2D eigenvalue weighted by Gasteiger charge is 2.04. The van der Waals surface area contributed by atoms with E-state index in [-0.39, 0.29) is 12.6 Å². The molecule has 0 rings (SSSR count). The van der Waals surface area contributed by atoms with Crippen LogP contribution in [0.5, 0.6) is 0 Å². The van der Waals surface area contributed by atoms with Crippen molar-refractivity contribution < 1.29 is 5.11 Å². The maximum atomic E-state index is 9.07. The predicted molar refractivity (Wildman–Crippen MR) is 97.6 cm³/mol. The molecule has 0 aliphatic heterocycles. The van der Waals surface area contributed by atoms with E-state index in [0.717, 1.165) is 6.42 Å². The van der Waals surface area contributed by atoms with Crippen molar-refractivity contribution in [1.82, 2.24) is 5.32 Å². The second kappa shape index (κ2) is 14.9. The van der Waals surface area contributed by atoms with Gasteiger partial charge in [-0.2, -0.15) is 0 Å². The van der Waals surface area contributed by atoms with Crippen molar-refractivity contribution >= 4 is 22.9 Å². The van der Waals surface area contributed by atoms with Gasteiger partial charge in [-0.05, 0) is 38.5 Å². The number of thiocarbonyl (C=S) groups is 1. The maximum absolute atomic E-state index is 9.07. The molecule has 0 aliphatic carbocycles.